The quantitative estimate of drug-likeness (QED) is 0.390. The van der Waals surface area contributed by atoms with E-state index in [0.717, 1.165) is 32.3 Å². The Bertz CT molecular complexity index is 340. The van der Waals surface area contributed by atoms with Crippen molar-refractivity contribution >= 4 is 5.96 Å². The van der Waals surface area contributed by atoms with E-state index in [1.54, 1.807) is 0 Å². The highest BCUT2D eigenvalue weighted by Gasteiger charge is 2.42. The molecule has 0 aromatic carbocycles. The molecule has 0 aromatic rings. The van der Waals surface area contributed by atoms with Crippen LogP contribution in [0.1, 0.15) is 58.8 Å². The maximum absolute atomic E-state index is 5.50. The fourth-order valence-corrected chi connectivity index (χ4v) is 3.22. The summed E-state index contributed by atoms with van der Waals surface area (Å²) in [7, 11) is 1.87. The third-order valence-corrected chi connectivity index (χ3v) is 5.59. The van der Waals surface area contributed by atoms with Crippen LogP contribution in [0.3, 0.4) is 0 Å². The van der Waals surface area contributed by atoms with Crippen LogP contribution < -0.4 is 10.6 Å². The summed E-state index contributed by atoms with van der Waals surface area (Å²) in [5.74, 6) is 0.970. The molecule has 0 spiro atoms. The average molecular weight is 295 g/mol. The Hall–Kier alpha value is -0.770. The SMILES string of the molecule is CCOCCC1(CNC(=NC)NCC2(CC)CCC2)CC1. The van der Waals surface area contributed by atoms with Crippen LogP contribution in [-0.4, -0.2) is 39.3 Å². The first-order valence-electron chi connectivity index (χ1n) is 8.70. The molecule has 2 N–H and O–H groups in total. The minimum Gasteiger partial charge on any atom is -0.382 e. The lowest BCUT2D eigenvalue weighted by Crippen LogP contribution is -2.47. The zero-order valence-electron chi connectivity index (χ0n) is 14.1. The van der Waals surface area contributed by atoms with Gasteiger partial charge in [-0.2, -0.15) is 0 Å². The molecule has 2 aliphatic rings. The van der Waals surface area contributed by atoms with E-state index in [4.69, 9.17) is 4.74 Å². The van der Waals surface area contributed by atoms with Crippen molar-refractivity contribution < 1.29 is 4.74 Å². The highest BCUT2D eigenvalue weighted by Crippen LogP contribution is 2.48. The van der Waals surface area contributed by atoms with Gasteiger partial charge in [0.1, 0.15) is 0 Å². The van der Waals surface area contributed by atoms with E-state index in [9.17, 15) is 0 Å². The van der Waals surface area contributed by atoms with Crippen LogP contribution in [0.4, 0.5) is 0 Å². The van der Waals surface area contributed by atoms with Crippen molar-refractivity contribution in [3.8, 4) is 0 Å². The lowest BCUT2D eigenvalue weighted by Gasteiger charge is -2.41. The van der Waals surface area contributed by atoms with E-state index in [2.05, 4.69) is 29.5 Å². The highest BCUT2D eigenvalue weighted by molar-refractivity contribution is 5.79. The third-order valence-electron chi connectivity index (χ3n) is 5.59. The smallest absolute Gasteiger partial charge is 0.191 e. The van der Waals surface area contributed by atoms with Gasteiger partial charge in [0.15, 0.2) is 5.96 Å². The summed E-state index contributed by atoms with van der Waals surface area (Å²) in [4.78, 5) is 4.37. The zero-order valence-corrected chi connectivity index (χ0v) is 14.1. The number of rotatable bonds is 9. The lowest BCUT2D eigenvalue weighted by atomic mass is 9.67. The summed E-state index contributed by atoms with van der Waals surface area (Å²) in [5.41, 5.74) is 0.996. The van der Waals surface area contributed by atoms with E-state index in [0.29, 0.717) is 10.8 Å². The Labute approximate surface area is 130 Å². The molecule has 0 bridgehead atoms. The van der Waals surface area contributed by atoms with Gasteiger partial charge in [0.05, 0.1) is 0 Å². The van der Waals surface area contributed by atoms with Gasteiger partial charge in [-0.05, 0) is 56.3 Å². The molecule has 0 aliphatic heterocycles. The molecule has 0 saturated heterocycles. The van der Waals surface area contributed by atoms with Gasteiger partial charge in [-0.15, -0.1) is 0 Å². The first-order valence-corrected chi connectivity index (χ1v) is 8.70. The first-order chi connectivity index (χ1) is 10.2. The molecule has 2 aliphatic carbocycles. The minimum atomic E-state index is 0.464. The topological polar surface area (TPSA) is 45.6 Å². The molecule has 0 atom stereocenters. The summed E-state index contributed by atoms with van der Waals surface area (Å²) in [5, 5.41) is 7.07. The predicted molar refractivity (Wildman–Crippen MR) is 88.7 cm³/mol. The van der Waals surface area contributed by atoms with Crippen LogP contribution in [-0.2, 0) is 4.74 Å². The molecule has 2 fully saturated rings. The van der Waals surface area contributed by atoms with Crippen LogP contribution in [0.15, 0.2) is 4.99 Å². The highest BCUT2D eigenvalue weighted by atomic mass is 16.5. The van der Waals surface area contributed by atoms with Gasteiger partial charge in [-0.3, -0.25) is 4.99 Å². The van der Waals surface area contributed by atoms with Crippen molar-refractivity contribution in [3.63, 3.8) is 0 Å². The maximum atomic E-state index is 5.50. The van der Waals surface area contributed by atoms with Crippen LogP contribution in [0.2, 0.25) is 0 Å². The zero-order chi connectivity index (χ0) is 15.2. The van der Waals surface area contributed by atoms with Crippen LogP contribution in [0.25, 0.3) is 0 Å². The van der Waals surface area contributed by atoms with Gasteiger partial charge < -0.3 is 15.4 Å². The summed E-state index contributed by atoms with van der Waals surface area (Å²) < 4.78 is 5.50. The normalized spacial score (nSPS) is 22.5. The standard InChI is InChI=1S/C17H33N3O/c1-4-16(7-6-8-16)13-19-15(18-3)20-14-17(9-10-17)11-12-21-5-2/h4-14H2,1-3H3,(H2,18,19,20). The number of nitrogens with one attached hydrogen (secondary N) is 2. The second-order valence-corrected chi connectivity index (χ2v) is 6.93. The van der Waals surface area contributed by atoms with Crippen molar-refractivity contribution in [2.45, 2.75) is 58.8 Å². The van der Waals surface area contributed by atoms with Crippen LogP contribution in [0.5, 0.6) is 0 Å². The van der Waals surface area contributed by atoms with Crippen LogP contribution in [0, 0.1) is 10.8 Å². The minimum absolute atomic E-state index is 0.464. The molecule has 21 heavy (non-hydrogen) atoms. The van der Waals surface area contributed by atoms with E-state index in [-0.39, 0.29) is 0 Å². The summed E-state index contributed by atoms with van der Waals surface area (Å²) >= 11 is 0. The van der Waals surface area contributed by atoms with Crippen molar-refractivity contribution in [2.24, 2.45) is 15.8 Å². The Morgan fingerprint density at radius 3 is 2.14 bits per heavy atom. The van der Waals surface area contributed by atoms with Gasteiger partial charge in [-0.25, -0.2) is 0 Å². The van der Waals surface area contributed by atoms with Gasteiger partial charge in [0.25, 0.3) is 0 Å². The van der Waals surface area contributed by atoms with Crippen LogP contribution >= 0.6 is 0 Å². The molecule has 122 valence electrons. The number of nitrogens with zero attached hydrogens (tertiary/aromatic N) is 1. The van der Waals surface area contributed by atoms with Gasteiger partial charge in [0, 0.05) is 33.4 Å². The molecular weight excluding hydrogens is 262 g/mol. The second kappa shape index (κ2) is 7.48. The number of hydrogen-bond donors (Lipinski definition) is 2. The van der Waals surface area contributed by atoms with Crippen molar-refractivity contribution in [1.29, 1.82) is 0 Å². The molecule has 0 amide bonds. The summed E-state index contributed by atoms with van der Waals surface area (Å²) in [6, 6.07) is 0. The second-order valence-electron chi connectivity index (χ2n) is 6.93. The Morgan fingerprint density at radius 1 is 1.05 bits per heavy atom. The van der Waals surface area contributed by atoms with Gasteiger partial charge >= 0.3 is 0 Å². The van der Waals surface area contributed by atoms with Gasteiger partial charge in [0.2, 0.25) is 0 Å². The summed E-state index contributed by atoms with van der Waals surface area (Å²) in [6.45, 7) is 8.18. The average Bonchev–Trinajstić information content (AvgIpc) is 3.22. The monoisotopic (exact) mass is 295 g/mol. The number of hydrogen-bond acceptors (Lipinski definition) is 2. The maximum Gasteiger partial charge on any atom is 0.191 e. The van der Waals surface area contributed by atoms with E-state index in [1.807, 2.05) is 7.05 Å². The fraction of sp³-hybridized carbons (Fsp3) is 0.941. The number of ether oxygens (including phenoxy) is 1. The van der Waals surface area contributed by atoms with E-state index >= 15 is 0 Å². The predicted octanol–water partition coefficient (Wildman–Crippen LogP) is 2.94. The largest absolute Gasteiger partial charge is 0.382 e. The molecule has 0 unspecified atom stereocenters. The van der Waals surface area contributed by atoms with E-state index in [1.165, 1.54) is 44.9 Å². The molecule has 0 radical (unpaired) electrons. The Balaban J connectivity index is 1.68. The molecule has 0 heterocycles. The van der Waals surface area contributed by atoms with E-state index < -0.39 is 0 Å². The number of aliphatic imine (C=N–C) groups is 1. The third kappa shape index (κ3) is 4.60. The van der Waals surface area contributed by atoms with Gasteiger partial charge in [-0.1, -0.05) is 13.3 Å². The van der Waals surface area contributed by atoms with Crippen molar-refractivity contribution in [2.75, 3.05) is 33.4 Å². The number of guanidine groups is 1. The molecular formula is C17H33N3O. The Kier molecular flexibility index (Phi) is 5.91. The first kappa shape index (κ1) is 16.6. The molecule has 0 aromatic heterocycles. The van der Waals surface area contributed by atoms with Crippen molar-refractivity contribution in [3.05, 3.63) is 0 Å². The molecule has 4 heteroatoms. The molecule has 2 saturated carbocycles. The Morgan fingerprint density at radius 2 is 1.71 bits per heavy atom. The molecule has 2 rings (SSSR count). The van der Waals surface area contributed by atoms with Crippen molar-refractivity contribution in [1.82, 2.24) is 10.6 Å². The molecule has 4 nitrogen and oxygen atoms in total. The lowest BCUT2D eigenvalue weighted by molar-refractivity contribution is 0.128. The fourth-order valence-electron chi connectivity index (χ4n) is 3.22. The summed E-state index contributed by atoms with van der Waals surface area (Å²) in [6.07, 6.45) is 9.21.